The summed E-state index contributed by atoms with van der Waals surface area (Å²) in [5, 5.41) is 4.43. The summed E-state index contributed by atoms with van der Waals surface area (Å²) in [4.78, 5) is 8.63. The van der Waals surface area contributed by atoms with Crippen LogP contribution in [0.1, 0.15) is 12.0 Å². The SMILES string of the molecule is Cc1ccc2ncnc(NCCCOc3ccccc3)c2c1. The number of rotatable bonds is 6. The minimum atomic E-state index is 0.680. The summed E-state index contributed by atoms with van der Waals surface area (Å²) in [7, 11) is 0. The van der Waals surface area contributed by atoms with Gasteiger partial charge in [0.1, 0.15) is 17.9 Å². The van der Waals surface area contributed by atoms with Gasteiger partial charge in [0.25, 0.3) is 0 Å². The molecule has 0 bridgehead atoms. The third-order valence-corrected chi connectivity index (χ3v) is 3.42. The van der Waals surface area contributed by atoms with Crippen LogP contribution in [0.25, 0.3) is 10.9 Å². The van der Waals surface area contributed by atoms with Crippen LogP contribution in [0.15, 0.2) is 54.9 Å². The zero-order chi connectivity index (χ0) is 15.2. The molecule has 0 saturated carbocycles. The molecular formula is C18H19N3O. The molecule has 0 saturated heterocycles. The Kier molecular flexibility index (Phi) is 4.49. The Bertz CT molecular complexity index is 744. The lowest BCUT2D eigenvalue weighted by atomic mass is 10.1. The molecule has 4 heteroatoms. The third kappa shape index (κ3) is 3.52. The first-order valence-corrected chi connectivity index (χ1v) is 7.46. The lowest BCUT2D eigenvalue weighted by Crippen LogP contribution is -2.08. The lowest BCUT2D eigenvalue weighted by molar-refractivity contribution is 0.315. The highest BCUT2D eigenvalue weighted by atomic mass is 16.5. The maximum absolute atomic E-state index is 5.68. The summed E-state index contributed by atoms with van der Waals surface area (Å²) in [5.74, 6) is 1.79. The highest BCUT2D eigenvalue weighted by molar-refractivity contribution is 5.89. The van der Waals surface area contributed by atoms with Crippen LogP contribution < -0.4 is 10.1 Å². The molecule has 0 aliphatic heterocycles. The second-order valence-corrected chi connectivity index (χ2v) is 5.18. The van der Waals surface area contributed by atoms with Gasteiger partial charge < -0.3 is 10.1 Å². The molecule has 1 aromatic heterocycles. The van der Waals surface area contributed by atoms with E-state index in [0.29, 0.717) is 6.61 Å². The Morgan fingerprint density at radius 3 is 2.77 bits per heavy atom. The van der Waals surface area contributed by atoms with Gasteiger partial charge in [-0.05, 0) is 37.6 Å². The van der Waals surface area contributed by atoms with Crippen LogP contribution in [0, 0.1) is 6.92 Å². The largest absolute Gasteiger partial charge is 0.494 e. The van der Waals surface area contributed by atoms with Crippen molar-refractivity contribution in [3.8, 4) is 5.75 Å². The molecule has 4 nitrogen and oxygen atoms in total. The van der Waals surface area contributed by atoms with Crippen LogP contribution in [-0.2, 0) is 0 Å². The molecular weight excluding hydrogens is 274 g/mol. The summed E-state index contributed by atoms with van der Waals surface area (Å²) in [6, 6.07) is 16.1. The van der Waals surface area contributed by atoms with Crippen molar-refractivity contribution in [3.63, 3.8) is 0 Å². The van der Waals surface area contributed by atoms with Crippen molar-refractivity contribution in [1.82, 2.24) is 9.97 Å². The molecule has 2 aromatic carbocycles. The van der Waals surface area contributed by atoms with Crippen LogP contribution in [0.4, 0.5) is 5.82 Å². The number of aryl methyl sites for hydroxylation is 1. The smallest absolute Gasteiger partial charge is 0.137 e. The van der Waals surface area contributed by atoms with Crippen molar-refractivity contribution in [1.29, 1.82) is 0 Å². The van der Waals surface area contributed by atoms with E-state index < -0.39 is 0 Å². The first kappa shape index (κ1) is 14.3. The van der Waals surface area contributed by atoms with E-state index in [9.17, 15) is 0 Å². The van der Waals surface area contributed by atoms with E-state index in [2.05, 4.69) is 34.3 Å². The number of fused-ring (bicyclic) bond motifs is 1. The van der Waals surface area contributed by atoms with E-state index in [-0.39, 0.29) is 0 Å². The van der Waals surface area contributed by atoms with E-state index in [1.54, 1.807) is 6.33 Å². The first-order chi connectivity index (χ1) is 10.8. The second kappa shape index (κ2) is 6.89. The van der Waals surface area contributed by atoms with E-state index >= 15 is 0 Å². The zero-order valence-electron chi connectivity index (χ0n) is 12.6. The maximum atomic E-state index is 5.68. The van der Waals surface area contributed by atoms with Crippen LogP contribution in [0.3, 0.4) is 0 Å². The van der Waals surface area contributed by atoms with Gasteiger partial charge in [0.15, 0.2) is 0 Å². The number of nitrogens with one attached hydrogen (secondary N) is 1. The van der Waals surface area contributed by atoms with Gasteiger partial charge >= 0.3 is 0 Å². The predicted molar refractivity (Wildman–Crippen MR) is 89.3 cm³/mol. The number of ether oxygens (including phenoxy) is 1. The molecule has 0 spiro atoms. The lowest BCUT2D eigenvalue weighted by Gasteiger charge is -2.09. The number of hydrogen-bond acceptors (Lipinski definition) is 4. The molecule has 112 valence electrons. The molecule has 1 heterocycles. The highest BCUT2D eigenvalue weighted by Crippen LogP contribution is 2.20. The Morgan fingerprint density at radius 2 is 1.91 bits per heavy atom. The van der Waals surface area contributed by atoms with Crippen molar-refractivity contribution in [2.75, 3.05) is 18.5 Å². The van der Waals surface area contributed by atoms with Gasteiger partial charge in [-0.1, -0.05) is 29.8 Å². The van der Waals surface area contributed by atoms with Crippen molar-refractivity contribution in [2.45, 2.75) is 13.3 Å². The molecule has 0 amide bonds. The van der Waals surface area contributed by atoms with E-state index in [1.165, 1.54) is 5.56 Å². The number of para-hydroxylation sites is 1. The summed E-state index contributed by atoms with van der Waals surface area (Å²) in [6.45, 7) is 3.57. The normalized spacial score (nSPS) is 10.6. The average Bonchev–Trinajstić information content (AvgIpc) is 2.56. The summed E-state index contributed by atoms with van der Waals surface area (Å²) in [5.41, 5.74) is 2.17. The van der Waals surface area contributed by atoms with E-state index in [1.807, 2.05) is 36.4 Å². The Hall–Kier alpha value is -2.62. The Balaban J connectivity index is 1.55. The molecule has 3 rings (SSSR count). The maximum Gasteiger partial charge on any atom is 0.137 e. The third-order valence-electron chi connectivity index (χ3n) is 3.42. The first-order valence-electron chi connectivity index (χ1n) is 7.46. The minimum absolute atomic E-state index is 0.680. The fourth-order valence-electron chi connectivity index (χ4n) is 2.30. The number of nitrogens with zero attached hydrogens (tertiary/aromatic N) is 2. The van der Waals surface area contributed by atoms with Gasteiger partial charge in [-0.15, -0.1) is 0 Å². The van der Waals surface area contributed by atoms with Crippen molar-refractivity contribution >= 4 is 16.7 Å². The molecule has 0 aliphatic carbocycles. The zero-order valence-corrected chi connectivity index (χ0v) is 12.6. The van der Waals surface area contributed by atoms with Gasteiger partial charge in [0.2, 0.25) is 0 Å². The summed E-state index contributed by atoms with van der Waals surface area (Å²) >= 11 is 0. The number of hydrogen-bond donors (Lipinski definition) is 1. The monoisotopic (exact) mass is 293 g/mol. The van der Waals surface area contributed by atoms with Gasteiger partial charge in [-0.25, -0.2) is 9.97 Å². The van der Waals surface area contributed by atoms with Gasteiger partial charge in [-0.2, -0.15) is 0 Å². The predicted octanol–water partition coefficient (Wildman–Crippen LogP) is 3.82. The molecule has 22 heavy (non-hydrogen) atoms. The van der Waals surface area contributed by atoms with Gasteiger partial charge in [0, 0.05) is 11.9 Å². The molecule has 1 N–H and O–H groups in total. The molecule has 0 atom stereocenters. The molecule has 0 fully saturated rings. The number of anilines is 1. The topological polar surface area (TPSA) is 47.0 Å². The standard InChI is InChI=1S/C18H19N3O/c1-14-8-9-17-16(12-14)18(21-13-20-17)19-10-5-11-22-15-6-3-2-4-7-15/h2-4,6-9,12-13H,5,10-11H2,1H3,(H,19,20,21). The van der Waals surface area contributed by atoms with Gasteiger partial charge in [-0.3, -0.25) is 0 Å². The van der Waals surface area contributed by atoms with Gasteiger partial charge in [0.05, 0.1) is 12.1 Å². The molecule has 0 unspecified atom stereocenters. The fourth-order valence-corrected chi connectivity index (χ4v) is 2.30. The van der Waals surface area contributed by atoms with Crippen LogP contribution in [-0.4, -0.2) is 23.1 Å². The van der Waals surface area contributed by atoms with E-state index in [4.69, 9.17) is 4.74 Å². The summed E-state index contributed by atoms with van der Waals surface area (Å²) < 4.78 is 5.68. The van der Waals surface area contributed by atoms with Crippen molar-refractivity contribution in [2.24, 2.45) is 0 Å². The molecule has 0 aliphatic rings. The summed E-state index contributed by atoms with van der Waals surface area (Å²) in [6.07, 6.45) is 2.51. The quantitative estimate of drug-likeness (QED) is 0.702. The Labute approximate surface area is 130 Å². The number of aromatic nitrogens is 2. The molecule has 0 radical (unpaired) electrons. The van der Waals surface area contributed by atoms with Crippen molar-refractivity contribution in [3.05, 3.63) is 60.4 Å². The van der Waals surface area contributed by atoms with Crippen LogP contribution in [0.5, 0.6) is 5.75 Å². The average molecular weight is 293 g/mol. The molecule has 3 aromatic rings. The highest BCUT2D eigenvalue weighted by Gasteiger charge is 2.03. The minimum Gasteiger partial charge on any atom is -0.494 e. The second-order valence-electron chi connectivity index (χ2n) is 5.18. The Morgan fingerprint density at radius 1 is 1.05 bits per heavy atom. The van der Waals surface area contributed by atoms with Crippen molar-refractivity contribution < 1.29 is 4.74 Å². The van der Waals surface area contributed by atoms with Crippen LogP contribution >= 0.6 is 0 Å². The van der Waals surface area contributed by atoms with Crippen LogP contribution in [0.2, 0.25) is 0 Å². The van der Waals surface area contributed by atoms with E-state index in [0.717, 1.165) is 35.4 Å². The number of benzene rings is 2. The fraction of sp³-hybridized carbons (Fsp3) is 0.222.